The number of β-amino-alcohol motifs (C(OH)–C–C–N with tert-alkyl or cyclic N) is 1. The minimum atomic E-state index is -0.592. The fraction of sp³-hybridized carbons (Fsp3) is 0.467. The summed E-state index contributed by atoms with van der Waals surface area (Å²) in [5, 5.41) is 14.6. The number of halogens is 1. The smallest absolute Gasteiger partial charge is 0.147 e. The van der Waals surface area contributed by atoms with E-state index in [9.17, 15) is 9.50 Å². The average molecular weight is 290 g/mol. The Bertz CT molecular complexity index is 619. The average Bonchev–Trinajstić information content (AvgIpc) is 2.72. The molecular formula is C15H19FN4O. The first-order chi connectivity index (χ1) is 10.0. The van der Waals surface area contributed by atoms with Crippen LogP contribution in [0, 0.1) is 19.7 Å². The number of aryl methyl sites for hydroxylation is 2. The molecule has 3 rings (SSSR count). The summed E-state index contributed by atoms with van der Waals surface area (Å²) in [6.07, 6.45) is -0.592. The summed E-state index contributed by atoms with van der Waals surface area (Å²) in [6.45, 7) is 6.09. The number of hydrogen-bond donors (Lipinski definition) is 1. The van der Waals surface area contributed by atoms with Gasteiger partial charge in [0.15, 0.2) is 0 Å². The monoisotopic (exact) mass is 290 g/mol. The van der Waals surface area contributed by atoms with E-state index in [0.717, 1.165) is 30.3 Å². The van der Waals surface area contributed by atoms with Gasteiger partial charge in [0.05, 0.1) is 12.1 Å². The van der Waals surface area contributed by atoms with E-state index in [0.29, 0.717) is 12.6 Å². The van der Waals surface area contributed by atoms with Crippen molar-refractivity contribution < 1.29 is 9.50 Å². The van der Waals surface area contributed by atoms with Gasteiger partial charge in [-0.3, -0.25) is 4.90 Å². The van der Waals surface area contributed by atoms with E-state index in [2.05, 4.69) is 15.0 Å². The number of aliphatic hydroxyl groups is 1. The van der Waals surface area contributed by atoms with Crippen LogP contribution in [-0.2, 0) is 0 Å². The summed E-state index contributed by atoms with van der Waals surface area (Å²) < 4.78 is 14.8. The molecule has 1 aromatic heterocycles. The molecule has 2 aromatic rings. The summed E-state index contributed by atoms with van der Waals surface area (Å²) in [4.78, 5) is 6.47. The Morgan fingerprint density at radius 1 is 1.29 bits per heavy atom. The largest absolute Gasteiger partial charge is 0.387 e. The number of benzene rings is 1. The van der Waals surface area contributed by atoms with Crippen LogP contribution in [0.1, 0.15) is 29.4 Å². The van der Waals surface area contributed by atoms with Crippen LogP contribution in [-0.4, -0.2) is 44.4 Å². The zero-order chi connectivity index (χ0) is 15.0. The Labute approximate surface area is 123 Å². The topological polar surface area (TPSA) is 54.2 Å². The summed E-state index contributed by atoms with van der Waals surface area (Å²) in [6, 6.07) is 6.33. The molecule has 0 bridgehead atoms. The predicted octanol–water partition coefficient (Wildman–Crippen LogP) is 1.62. The third-order valence-electron chi connectivity index (χ3n) is 3.88. The third kappa shape index (κ3) is 2.96. The van der Waals surface area contributed by atoms with E-state index in [1.54, 1.807) is 12.1 Å². The normalized spacial score (nSPS) is 17.7. The Hall–Kier alpha value is -1.79. The second-order valence-electron chi connectivity index (χ2n) is 5.59. The number of nitrogens with zero attached hydrogens (tertiary/aromatic N) is 4. The molecule has 1 N–H and O–H groups in total. The molecule has 0 radical (unpaired) electrons. The highest BCUT2D eigenvalue weighted by Gasteiger charge is 2.31. The van der Waals surface area contributed by atoms with Crippen molar-refractivity contribution in [1.29, 1.82) is 0 Å². The van der Waals surface area contributed by atoms with Gasteiger partial charge >= 0.3 is 0 Å². The highest BCUT2D eigenvalue weighted by atomic mass is 19.1. The molecule has 0 aliphatic carbocycles. The molecule has 21 heavy (non-hydrogen) atoms. The summed E-state index contributed by atoms with van der Waals surface area (Å²) >= 11 is 0. The standard InChI is InChI=1S/C15H19FN4O/c1-10-17-11(2)20(18-10)14-7-19(8-14)9-15(21)12-3-5-13(16)6-4-12/h3-6,14-15,21H,7-9H2,1-2H3. The number of aromatic nitrogens is 3. The van der Waals surface area contributed by atoms with Crippen LogP contribution < -0.4 is 0 Å². The second kappa shape index (κ2) is 5.54. The molecule has 112 valence electrons. The molecule has 1 aliphatic rings. The fourth-order valence-electron chi connectivity index (χ4n) is 2.76. The zero-order valence-electron chi connectivity index (χ0n) is 12.2. The van der Waals surface area contributed by atoms with Gasteiger partial charge in [-0.2, -0.15) is 5.10 Å². The van der Waals surface area contributed by atoms with Crippen molar-refractivity contribution in [2.75, 3.05) is 19.6 Å². The molecule has 2 heterocycles. The lowest BCUT2D eigenvalue weighted by atomic mass is 10.0. The van der Waals surface area contributed by atoms with Crippen LogP contribution in [0.25, 0.3) is 0 Å². The summed E-state index contributed by atoms with van der Waals surface area (Å²) in [5.41, 5.74) is 0.743. The van der Waals surface area contributed by atoms with Crippen molar-refractivity contribution in [2.45, 2.75) is 26.0 Å². The van der Waals surface area contributed by atoms with Gasteiger partial charge in [-0.05, 0) is 31.5 Å². The van der Waals surface area contributed by atoms with E-state index in [1.165, 1.54) is 12.1 Å². The van der Waals surface area contributed by atoms with Crippen molar-refractivity contribution in [3.05, 3.63) is 47.3 Å². The van der Waals surface area contributed by atoms with Gasteiger partial charge in [0, 0.05) is 19.6 Å². The molecule has 0 amide bonds. The zero-order valence-corrected chi connectivity index (χ0v) is 12.2. The van der Waals surface area contributed by atoms with Crippen LogP contribution in [0.3, 0.4) is 0 Å². The van der Waals surface area contributed by atoms with E-state index >= 15 is 0 Å². The minimum absolute atomic E-state index is 0.285. The first-order valence-corrected chi connectivity index (χ1v) is 7.08. The summed E-state index contributed by atoms with van der Waals surface area (Å²) in [5.74, 6) is 1.43. The number of likely N-dealkylation sites (tertiary alicyclic amines) is 1. The Morgan fingerprint density at radius 3 is 2.52 bits per heavy atom. The van der Waals surface area contributed by atoms with Crippen LogP contribution >= 0.6 is 0 Å². The molecule has 6 heteroatoms. The van der Waals surface area contributed by atoms with E-state index in [4.69, 9.17) is 0 Å². The molecule has 5 nitrogen and oxygen atoms in total. The van der Waals surface area contributed by atoms with Crippen molar-refractivity contribution >= 4 is 0 Å². The molecule has 1 atom stereocenters. The molecular weight excluding hydrogens is 271 g/mol. The minimum Gasteiger partial charge on any atom is -0.387 e. The van der Waals surface area contributed by atoms with Crippen LogP contribution in [0.2, 0.25) is 0 Å². The molecule has 1 aliphatic heterocycles. The molecule has 1 aromatic carbocycles. The van der Waals surface area contributed by atoms with Crippen molar-refractivity contribution in [3.8, 4) is 0 Å². The van der Waals surface area contributed by atoms with Gasteiger partial charge in [-0.15, -0.1) is 0 Å². The Balaban J connectivity index is 1.55. The number of aliphatic hydroxyl groups excluding tert-OH is 1. The highest BCUT2D eigenvalue weighted by molar-refractivity contribution is 5.19. The van der Waals surface area contributed by atoms with E-state index in [1.807, 2.05) is 18.5 Å². The van der Waals surface area contributed by atoms with Gasteiger partial charge in [-0.25, -0.2) is 14.1 Å². The molecule has 0 spiro atoms. The van der Waals surface area contributed by atoms with E-state index < -0.39 is 6.10 Å². The molecule has 1 saturated heterocycles. The number of hydrogen-bond acceptors (Lipinski definition) is 4. The predicted molar refractivity (Wildman–Crippen MR) is 76.3 cm³/mol. The first-order valence-electron chi connectivity index (χ1n) is 7.08. The maximum Gasteiger partial charge on any atom is 0.147 e. The maximum absolute atomic E-state index is 12.9. The lowest BCUT2D eigenvalue weighted by Gasteiger charge is -2.40. The van der Waals surface area contributed by atoms with Gasteiger partial charge in [-0.1, -0.05) is 12.1 Å². The van der Waals surface area contributed by atoms with Crippen LogP contribution in [0.4, 0.5) is 4.39 Å². The van der Waals surface area contributed by atoms with Crippen LogP contribution in [0.15, 0.2) is 24.3 Å². The second-order valence-corrected chi connectivity index (χ2v) is 5.59. The third-order valence-corrected chi connectivity index (χ3v) is 3.88. The quantitative estimate of drug-likeness (QED) is 0.930. The number of rotatable bonds is 4. The van der Waals surface area contributed by atoms with Gasteiger partial charge in [0.25, 0.3) is 0 Å². The molecule has 0 saturated carbocycles. The maximum atomic E-state index is 12.9. The molecule has 1 unspecified atom stereocenters. The van der Waals surface area contributed by atoms with Gasteiger partial charge < -0.3 is 5.11 Å². The highest BCUT2D eigenvalue weighted by Crippen LogP contribution is 2.24. The Morgan fingerprint density at radius 2 is 1.95 bits per heavy atom. The molecule has 1 fully saturated rings. The first kappa shape index (κ1) is 14.2. The van der Waals surface area contributed by atoms with Crippen LogP contribution in [0.5, 0.6) is 0 Å². The summed E-state index contributed by atoms with van der Waals surface area (Å²) in [7, 11) is 0. The fourth-order valence-corrected chi connectivity index (χ4v) is 2.76. The van der Waals surface area contributed by atoms with Gasteiger partial charge in [0.2, 0.25) is 0 Å². The van der Waals surface area contributed by atoms with Crippen molar-refractivity contribution in [1.82, 2.24) is 19.7 Å². The Kier molecular flexibility index (Phi) is 3.73. The van der Waals surface area contributed by atoms with Crippen molar-refractivity contribution in [3.63, 3.8) is 0 Å². The lowest BCUT2D eigenvalue weighted by molar-refractivity contribution is 0.0392. The van der Waals surface area contributed by atoms with Gasteiger partial charge in [0.1, 0.15) is 17.5 Å². The van der Waals surface area contributed by atoms with Crippen molar-refractivity contribution in [2.24, 2.45) is 0 Å². The lowest BCUT2D eigenvalue weighted by Crippen LogP contribution is -2.49. The SMILES string of the molecule is Cc1nc(C)n(C2CN(CC(O)c3ccc(F)cc3)C2)n1. The van der Waals surface area contributed by atoms with E-state index in [-0.39, 0.29) is 5.82 Å².